The molecule has 0 aromatic carbocycles. The van der Waals surface area contributed by atoms with Crippen LogP contribution >= 0.6 is 12.2 Å². The standard InChI is InChI=1S/C6H13N3OS/c1-2-5(10)3-4-8-9-6(7)11/h8H,2-4H2,1H3,(H3,7,9,11). The minimum atomic E-state index is 0.189. The highest BCUT2D eigenvalue weighted by Gasteiger charge is 1.95. The molecule has 0 bridgehead atoms. The van der Waals surface area contributed by atoms with Gasteiger partial charge in [0.1, 0.15) is 5.78 Å². The third-order valence-corrected chi connectivity index (χ3v) is 1.24. The van der Waals surface area contributed by atoms with Crippen molar-refractivity contribution in [1.29, 1.82) is 0 Å². The van der Waals surface area contributed by atoms with Gasteiger partial charge in [-0.05, 0) is 12.2 Å². The Hall–Kier alpha value is -0.680. The van der Waals surface area contributed by atoms with Crippen molar-refractivity contribution < 1.29 is 4.79 Å². The molecule has 64 valence electrons. The number of ketones is 1. The summed E-state index contributed by atoms with van der Waals surface area (Å²) in [6, 6.07) is 0. The minimum Gasteiger partial charge on any atom is -0.375 e. The van der Waals surface area contributed by atoms with Gasteiger partial charge in [0.25, 0.3) is 0 Å². The molecule has 0 saturated carbocycles. The molecule has 5 heteroatoms. The lowest BCUT2D eigenvalue weighted by atomic mass is 10.2. The second kappa shape index (κ2) is 6.06. The van der Waals surface area contributed by atoms with E-state index < -0.39 is 0 Å². The summed E-state index contributed by atoms with van der Waals surface area (Å²) in [6.45, 7) is 2.40. The fourth-order valence-electron chi connectivity index (χ4n) is 0.528. The molecular weight excluding hydrogens is 162 g/mol. The first kappa shape index (κ1) is 10.3. The Balaban J connectivity index is 3.14. The average molecular weight is 175 g/mol. The Morgan fingerprint density at radius 3 is 2.73 bits per heavy atom. The molecule has 0 rings (SSSR count). The van der Waals surface area contributed by atoms with E-state index in [-0.39, 0.29) is 10.9 Å². The molecule has 0 unspecified atom stereocenters. The van der Waals surface area contributed by atoms with Crippen molar-refractivity contribution >= 4 is 23.1 Å². The van der Waals surface area contributed by atoms with E-state index in [0.717, 1.165) is 0 Å². The molecule has 4 nitrogen and oxygen atoms in total. The predicted octanol–water partition coefficient (Wildman–Crippen LogP) is -0.307. The van der Waals surface area contributed by atoms with Gasteiger partial charge in [0, 0.05) is 19.4 Å². The summed E-state index contributed by atoms with van der Waals surface area (Å²) in [5, 5.41) is 0.189. The minimum absolute atomic E-state index is 0.189. The summed E-state index contributed by atoms with van der Waals surface area (Å²) >= 11 is 4.52. The van der Waals surface area contributed by atoms with Crippen LogP contribution in [0.1, 0.15) is 19.8 Å². The van der Waals surface area contributed by atoms with Crippen LogP contribution in [-0.2, 0) is 4.79 Å². The molecular formula is C6H13N3OS. The number of nitrogens with one attached hydrogen (secondary N) is 2. The maximum Gasteiger partial charge on any atom is 0.178 e. The largest absolute Gasteiger partial charge is 0.375 e. The second-order valence-corrected chi connectivity index (χ2v) is 2.50. The van der Waals surface area contributed by atoms with Crippen LogP contribution in [0.15, 0.2) is 0 Å². The molecule has 0 spiro atoms. The number of Topliss-reactive ketones (excluding diaryl/α,β-unsaturated/α-hetero) is 1. The molecule has 0 amide bonds. The molecule has 0 aromatic rings. The third kappa shape index (κ3) is 7.21. The van der Waals surface area contributed by atoms with Crippen molar-refractivity contribution in [2.45, 2.75) is 19.8 Å². The summed E-state index contributed by atoms with van der Waals surface area (Å²) in [4.78, 5) is 10.7. The number of thiocarbonyl (C=S) groups is 1. The maximum absolute atomic E-state index is 10.7. The molecule has 0 atom stereocenters. The molecule has 0 aliphatic rings. The van der Waals surface area contributed by atoms with Crippen molar-refractivity contribution in [3.63, 3.8) is 0 Å². The predicted molar refractivity (Wildman–Crippen MR) is 47.8 cm³/mol. The fourth-order valence-corrected chi connectivity index (χ4v) is 0.600. The van der Waals surface area contributed by atoms with Gasteiger partial charge in [-0.25, -0.2) is 5.43 Å². The van der Waals surface area contributed by atoms with Crippen molar-refractivity contribution in [3.05, 3.63) is 0 Å². The van der Waals surface area contributed by atoms with E-state index in [4.69, 9.17) is 5.73 Å². The SMILES string of the molecule is CCC(=O)CCNNC(N)=S. The first-order valence-electron chi connectivity index (χ1n) is 3.46. The summed E-state index contributed by atoms with van der Waals surface area (Å²) < 4.78 is 0. The van der Waals surface area contributed by atoms with Crippen molar-refractivity contribution in [3.8, 4) is 0 Å². The second-order valence-electron chi connectivity index (χ2n) is 2.06. The van der Waals surface area contributed by atoms with Gasteiger partial charge in [0.15, 0.2) is 5.11 Å². The van der Waals surface area contributed by atoms with Crippen LogP contribution in [0.4, 0.5) is 0 Å². The molecule has 0 heterocycles. The monoisotopic (exact) mass is 175 g/mol. The topological polar surface area (TPSA) is 67.2 Å². The zero-order valence-corrected chi connectivity index (χ0v) is 7.33. The summed E-state index contributed by atoms with van der Waals surface area (Å²) in [6.07, 6.45) is 1.08. The van der Waals surface area contributed by atoms with Crippen LogP contribution in [0, 0.1) is 0 Å². The first-order valence-corrected chi connectivity index (χ1v) is 3.87. The Morgan fingerprint density at radius 2 is 2.27 bits per heavy atom. The number of carbonyl (C=O) groups excluding carboxylic acids is 1. The van der Waals surface area contributed by atoms with E-state index in [0.29, 0.717) is 19.4 Å². The van der Waals surface area contributed by atoms with Gasteiger partial charge in [-0.1, -0.05) is 6.92 Å². The molecule has 11 heavy (non-hydrogen) atoms. The Labute approximate surface area is 71.5 Å². The zero-order valence-electron chi connectivity index (χ0n) is 6.52. The van der Waals surface area contributed by atoms with Crippen LogP contribution in [-0.4, -0.2) is 17.4 Å². The van der Waals surface area contributed by atoms with E-state index in [1.165, 1.54) is 0 Å². The molecule has 4 N–H and O–H groups in total. The quantitative estimate of drug-likeness (QED) is 0.304. The zero-order chi connectivity index (χ0) is 8.69. The number of hydrogen-bond acceptors (Lipinski definition) is 3. The number of rotatable bonds is 5. The lowest BCUT2D eigenvalue weighted by Gasteiger charge is -2.03. The normalized spacial score (nSPS) is 9.18. The van der Waals surface area contributed by atoms with Gasteiger partial charge < -0.3 is 5.73 Å². The molecule has 0 aromatic heterocycles. The van der Waals surface area contributed by atoms with Crippen molar-refractivity contribution in [2.75, 3.05) is 6.54 Å². The lowest BCUT2D eigenvalue weighted by Crippen LogP contribution is -2.41. The van der Waals surface area contributed by atoms with Crippen LogP contribution in [0.5, 0.6) is 0 Å². The lowest BCUT2D eigenvalue weighted by molar-refractivity contribution is -0.118. The first-order chi connectivity index (χ1) is 5.16. The Bertz CT molecular complexity index is 149. The Morgan fingerprint density at radius 1 is 1.64 bits per heavy atom. The molecule has 0 fully saturated rings. The maximum atomic E-state index is 10.7. The smallest absolute Gasteiger partial charge is 0.178 e. The highest BCUT2D eigenvalue weighted by molar-refractivity contribution is 7.80. The number of nitrogens with two attached hydrogens (primary N) is 1. The van der Waals surface area contributed by atoms with E-state index in [1.54, 1.807) is 0 Å². The van der Waals surface area contributed by atoms with Crippen LogP contribution in [0.25, 0.3) is 0 Å². The number of hydrazine groups is 1. The van der Waals surface area contributed by atoms with Gasteiger partial charge >= 0.3 is 0 Å². The van der Waals surface area contributed by atoms with Crippen LogP contribution in [0.2, 0.25) is 0 Å². The van der Waals surface area contributed by atoms with E-state index in [1.807, 2.05) is 6.92 Å². The Kier molecular flexibility index (Phi) is 5.68. The highest BCUT2D eigenvalue weighted by Crippen LogP contribution is 1.84. The van der Waals surface area contributed by atoms with Crippen molar-refractivity contribution in [2.24, 2.45) is 5.73 Å². The van der Waals surface area contributed by atoms with Gasteiger partial charge in [0.05, 0.1) is 0 Å². The van der Waals surface area contributed by atoms with Crippen LogP contribution < -0.4 is 16.6 Å². The summed E-state index contributed by atoms with van der Waals surface area (Å²) in [5.74, 6) is 0.224. The van der Waals surface area contributed by atoms with E-state index >= 15 is 0 Å². The van der Waals surface area contributed by atoms with E-state index in [9.17, 15) is 4.79 Å². The number of hydrogen-bond donors (Lipinski definition) is 3. The fraction of sp³-hybridized carbons (Fsp3) is 0.667. The van der Waals surface area contributed by atoms with Gasteiger partial charge in [-0.15, -0.1) is 0 Å². The highest BCUT2D eigenvalue weighted by atomic mass is 32.1. The molecule has 0 aliphatic heterocycles. The summed E-state index contributed by atoms with van der Waals surface area (Å²) in [7, 11) is 0. The average Bonchev–Trinajstić information content (AvgIpc) is 1.97. The van der Waals surface area contributed by atoms with E-state index in [2.05, 4.69) is 23.1 Å². The van der Waals surface area contributed by atoms with Gasteiger partial charge in [-0.3, -0.25) is 10.2 Å². The van der Waals surface area contributed by atoms with Gasteiger partial charge in [0.2, 0.25) is 0 Å². The third-order valence-electron chi connectivity index (χ3n) is 1.13. The summed E-state index contributed by atoms with van der Waals surface area (Å²) in [5.41, 5.74) is 10.4. The molecule has 0 saturated heterocycles. The van der Waals surface area contributed by atoms with Crippen LogP contribution in [0.3, 0.4) is 0 Å². The molecule has 0 radical (unpaired) electrons. The van der Waals surface area contributed by atoms with Gasteiger partial charge in [-0.2, -0.15) is 0 Å². The molecule has 0 aliphatic carbocycles. The number of carbonyl (C=O) groups is 1. The van der Waals surface area contributed by atoms with Crippen molar-refractivity contribution in [1.82, 2.24) is 10.9 Å².